The first-order valence-corrected chi connectivity index (χ1v) is 12.1. The predicted molar refractivity (Wildman–Crippen MR) is 149 cm³/mol. The van der Waals surface area contributed by atoms with Gasteiger partial charge in [-0.1, -0.05) is 47.3 Å². The van der Waals surface area contributed by atoms with Crippen molar-refractivity contribution < 1.29 is 24.5 Å². The van der Waals surface area contributed by atoms with Gasteiger partial charge in [0.1, 0.15) is 5.58 Å². The van der Waals surface area contributed by atoms with Crippen molar-refractivity contribution in [3.05, 3.63) is 127 Å². The third-order valence-corrected chi connectivity index (χ3v) is 6.36. The van der Waals surface area contributed by atoms with Crippen LogP contribution in [0.1, 0.15) is 11.3 Å². The number of benzene rings is 3. The van der Waals surface area contributed by atoms with E-state index in [1.165, 1.54) is 0 Å². The zero-order chi connectivity index (χ0) is 25.2. The summed E-state index contributed by atoms with van der Waals surface area (Å²) in [4.78, 5) is 13.1. The van der Waals surface area contributed by atoms with E-state index in [0.29, 0.717) is 0 Å². The van der Waals surface area contributed by atoms with E-state index in [-0.39, 0.29) is 20.1 Å². The Morgan fingerprint density at radius 1 is 0.605 bits per heavy atom. The molecule has 0 atom stereocenters. The van der Waals surface area contributed by atoms with Crippen molar-refractivity contribution in [1.29, 1.82) is 0 Å². The van der Waals surface area contributed by atoms with Crippen molar-refractivity contribution in [3.63, 3.8) is 0 Å². The van der Waals surface area contributed by atoms with Gasteiger partial charge in [0.15, 0.2) is 0 Å². The van der Waals surface area contributed by atoms with E-state index in [4.69, 9.17) is 4.42 Å². The Morgan fingerprint density at radius 3 is 2.18 bits per heavy atom. The molecule has 187 valence electrons. The minimum atomic E-state index is 0. The fraction of sp³-hybridized carbons (Fsp3) is 0.0606. The van der Waals surface area contributed by atoms with Crippen molar-refractivity contribution in [1.82, 2.24) is 15.0 Å². The zero-order valence-corrected chi connectivity index (χ0v) is 23.3. The molecule has 0 aliphatic heterocycles. The van der Waals surface area contributed by atoms with Crippen LogP contribution in [0.2, 0.25) is 0 Å². The van der Waals surface area contributed by atoms with Gasteiger partial charge in [0.05, 0.1) is 5.58 Å². The second-order valence-corrected chi connectivity index (χ2v) is 8.84. The molecule has 4 nitrogen and oxygen atoms in total. The number of fused-ring (bicyclic) bond motifs is 5. The average molecular weight is 670 g/mol. The van der Waals surface area contributed by atoms with Crippen molar-refractivity contribution in [2.75, 3.05) is 0 Å². The molecule has 0 fully saturated rings. The summed E-state index contributed by atoms with van der Waals surface area (Å²) in [5.74, 6) is 0. The van der Waals surface area contributed by atoms with E-state index >= 15 is 0 Å². The molecule has 4 aromatic heterocycles. The Balaban J connectivity index is 0.000000191. The van der Waals surface area contributed by atoms with Crippen LogP contribution in [0.15, 0.2) is 108 Å². The summed E-state index contributed by atoms with van der Waals surface area (Å²) >= 11 is 0. The van der Waals surface area contributed by atoms with Gasteiger partial charge in [0, 0.05) is 60.5 Å². The summed E-state index contributed by atoms with van der Waals surface area (Å²) < 4.78 is 6.34. The first kappa shape index (κ1) is 25.5. The molecular formula is C33H23IrN3O-2. The third-order valence-electron chi connectivity index (χ3n) is 6.36. The maximum absolute atomic E-state index is 6.34. The molecular weight excluding hydrogens is 647 g/mol. The SMILES string of the molecule is Cc1ccc(-c2[c-]ccc3c2oc2c4ccnc(C)c4ccc32)nc1.[Ir].[c-]1ccccc1-c1ccccn1. The number of hydrogen-bond acceptors (Lipinski definition) is 4. The minimum absolute atomic E-state index is 0. The van der Waals surface area contributed by atoms with Crippen LogP contribution < -0.4 is 0 Å². The number of rotatable bonds is 2. The van der Waals surface area contributed by atoms with Gasteiger partial charge in [0.25, 0.3) is 0 Å². The number of pyridine rings is 3. The van der Waals surface area contributed by atoms with E-state index in [1.807, 2.05) is 86.9 Å². The predicted octanol–water partition coefficient (Wildman–Crippen LogP) is 8.16. The van der Waals surface area contributed by atoms with Crippen LogP contribution in [-0.4, -0.2) is 15.0 Å². The van der Waals surface area contributed by atoms with Crippen LogP contribution in [-0.2, 0) is 20.1 Å². The van der Waals surface area contributed by atoms with Crippen molar-refractivity contribution in [2.24, 2.45) is 0 Å². The number of nitrogens with zero attached hydrogens (tertiary/aromatic N) is 3. The van der Waals surface area contributed by atoms with Crippen LogP contribution >= 0.6 is 0 Å². The largest absolute Gasteiger partial charge is 0.500 e. The molecule has 0 unspecified atom stereocenters. The quantitative estimate of drug-likeness (QED) is 0.174. The van der Waals surface area contributed by atoms with Crippen LogP contribution in [0.5, 0.6) is 0 Å². The van der Waals surface area contributed by atoms with Gasteiger partial charge in [-0.25, -0.2) is 0 Å². The van der Waals surface area contributed by atoms with E-state index in [0.717, 1.165) is 66.5 Å². The molecule has 3 aromatic carbocycles. The molecule has 0 aliphatic carbocycles. The second-order valence-electron chi connectivity index (χ2n) is 8.84. The normalized spacial score (nSPS) is 10.7. The average Bonchev–Trinajstić information content (AvgIpc) is 3.35. The zero-order valence-electron chi connectivity index (χ0n) is 20.9. The Morgan fingerprint density at radius 2 is 1.42 bits per heavy atom. The Hall–Kier alpha value is -4.18. The summed E-state index contributed by atoms with van der Waals surface area (Å²) in [5.41, 5.74) is 7.64. The molecule has 0 bridgehead atoms. The molecule has 0 N–H and O–H groups in total. The van der Waals surface area contributed by atoms with E-state index < -0.39 is 0 Å². The van der Waals surface area contributed by atoms with Gasteiger partial charge in [-0.15, -0.1) is 54.1 Å². The van der Waals surface area contributed by atoms with Crippen molar-refractivity contribution >= 4 is 32.7 Å². The van der Waals surface area contributed by atoms with E-state index in [1.54, 1.807) is 6.20 Å². The summed E-state index contributed by atoms with van der Waals surface area (Å²) in [6.07, 6.45) is 5.49. The van der Waals surface area contributed by atoms with Gasteiger partial charge in [0.2, 0.25) is 0 Å². The summed E-state index contributed by atoms with van der Waals surface area (Å²) in [5, 5.41) is 4.40. The molecule has 7 aromatic rings. The number of aromatic nitrogens is 3. The monoisotopic (exact) mass is 670 g/mol. The van der Waals surface area contributed by atoms with E-state index in [9.17, 15) is 0 Å². The Kier molecular flexibility index (Phi) is 7.41. The van der Waals surface area contributed by atoms with Gasteiger partial charge < -0.3 is 14.4 Å². The first-order chi connectivity index (χ1) is 18.2. The maximum Gasteiger partial charge on any atom is 0.128 e. The fourth-order valence-electron chi connectivity index (χ4n) is 4.48. The molecule has 5 heteroatoms. The molecule has 0 saturated carbocycles. The van der Waals surface area contributed by atoms with Crippen LogP contribution in [0.25, 0.3) is 55.2 Å². The standard InChI is InChI=1S/C22H15N2O.C11H8N.Ir/c1-13-6-9-20(24-12-13)19-5-3-4-16-17-8-7-15-14(2)23-11-10-18(15)21(17)25-22(16)19;1-2-6-10(7-3-1)11-8-4-5-9-12-11;/h3-4,6-12H,1-2H3;1-6,8-9H;/q2*-1;. The first-order valence-electron chi connectivity index (χ1n) is 12.1. The van der Waals surface area contributed by atoms with Crippen LogP contribution in [0.4, 0.5) is 0 Å². The molecule has 0 aliphatic rings. The number of aryl methyl sites for hydroxylation is 2. The summed E-state index contributed by atoms with van der Waals surface area (Å²) in [6, 6.07) is 34.4. The minimum Gasteiger partial charge on any atom is -0.500 e. The third kappa shape index (κ3) is 4.86. The number of hydrogen-bond donors (Lipinski definition) is 0. The molecule has 0 spiro atoms. The van der Waals surface area contributed by atoms with Gasteiger partial charge >= 0.3 is 0 Å². The van der Waals surface area contributed by atoms with Crippen LogP contribution in [0.3, 0.4) is 0 Å². The molecule has 4 heterocycles. The molecule has 38 heavy (non-hydrogen) atoms. The van der Waals surface area contributed by atoms with Crippen molar-refractivity contribution in [3.8, 4) is 22.5 Å². The topological polar surface area (TPSA) is 51.8 Å². The second kappa shape index (κ2) is 11.1. The Bertz CT molecular complexity index is 1790. The summed E-state index contributed by atoms with van der Waals surface area (Å²) in [6.45, 7) is 4.05. The van der Waals surface area contributed by atoms with Crippen molar-refractivity contribution in [2.45, 2.75) is 13.8 Å². The Labute approximate surface area is 234 Å². The fourth-order valence-corrected chi connectivity index (χ4v) is 4.48. The van der Waals surface area contributed by atoms with E-state index in [2.05, 4.69) is 51.4 Å². The van der Waals surface area contributed by atoms with Gasteiger partial charge in [-0.2, -0.15) is 0 Å². The van der Waals surface area contributed by atoms with Crippen LogP contribution in [0, 0.1) is 26.0 Å². The smallest absolute Gasteiger partial charge is 0.128 e. The summed E-state index contributed by atoms with van der Waals surface area (Å²) in [7, 11) is 0. The molecule has 0 saturated heterocycles. The molecule has 0 amide bonds. The number of furan rings is 1. The molecule has 1 radical (unpaired) electrons. The molecule has 7 rings (SSSR count). The maximum atomic E-state index is 6.34. The van der Waals surface area contributed by atoms with Gasteiger partial charge in [-0.05, 0) is 42.9 Å². The van der Waals surface area contributed by atoms with Gasteiger partial charge in [-0.3, -0.25) is 4.98 Å².